The molecule has 8 atom stereocenters. The molecule has 0 aliphatic heterocycles. The zero-order valence-electron chi connectivity index (χ0n) is 22.8. The van der Waals surface area contributed by atoms with Crippen LogP contribution in [0.15, 0.2) is 0 Å². The van der Waals surface area contributed by atoms with Crippen molar-refractivity contribution in [2.75, 3.05) is 13.1 Å². The topological polar surface area (TPSA) is 28.2 Å². The summed E-state index contributed by atoms with van der Waals surface area (Å²) in [6.07, 6.45) is 28.3. The molecule has 0 heterocycles. The number of rotatable bonds is 6. The van der Waals surface area contributed by atoms with Crippen LogP contribution < -0.4 is 0 Å². The maximum atomic E-state index is 5.54. The standard InChI is InChI=1S/C31H52N2.2ClH.Ti/c1-5-14-26-22(10-1)20-23-11-2-6-15-27(23)30(26)32-18-9-19-33-31-28-16-7-3-12-24(28)21-25-13-4-8-17-29(25)31;;;/h22-31H,1-21H2;2*1H;/q-2;;;+2/p-2. The molecular weight excluding hydrogens is 519 g/mol. The summed E-state index contributed by atoms with van der Waals surface area (Å²) in [7, 11) is 9.78. The van der Waals surface area contributed by atoms with Crippen molar-refractivity contribution in [2.45, 2.75) is 134 Å². The zero-order chi connectivity index (χ0) is 24.7. The van der Waals surface area contributed by atoms with Gasteiger partial charge in [-0.25, -0.2) is 0 Å². The van der Waals surface area contributed by atoms with Gasteiger partial charge in [-0.05, 0) is 36.5 Å². The molecule has 6 aliphatic carbocycles. The van der Waals surface area contributed by atoms with Gasteiger partial charge in [0.2, 0.25) is 0 Å². The summed E-state index contributed by atoms with van der Waals surface area (Å²) in [6.45, 7) is 2.21. The molecule has 0 aromatic rings. The predicted molar refractivity (Wildman–Crippen MR) is 151 cm³/mol. The first-order chi connectivity index (χ1) is 17.8. The Labute approximate surface area is 239 Å². The molecule has 206 valence electrons. The third-order valence-corrected chi connectivity index (χ3v) is 11.8. The van der Waals surface area contributed by atoms with Crippen LogP contribution in [-0.2, 0) is 17.0 Å². The van der Waals surface area contributed by atoms with Crippen molar-refractivity contribution < 1.29 is 17.0 Å². The van der Waals surface area contributed by atoms with Gasteiger partial charge in [0.05, 0.1) is 0 Å². The second kappa shape index (κ2) is 14.7. The Balaban J connectivity index is 0.000000848. The van der Waals surface area contributed by atoms with Crippen LogP contribution in [0.5, 0.6) is 0 Å². The predicted octanol–water partition coefficient (Wildman–Crippen LogP) is 10.3. The van der Waals surface area contributed by atoms with E-state index in [0.717, 1.165) is 72.5 Å². The number of fused-ring (bicyclic) bond motifs is 4. The number of hydrogen-bond donors (Lipinski definition) is 0. The van der Waals surface area contributed by atoms with E-state index in [-0.39, 0.29) is 0 Å². The first kappa shape index (κ1) is 28.7. The summed E-state index contributed by atoms with van der Waals surface area (Å²) >= 11 is -0.556. The van der Waals surface area contributed by atoms with Crippen LogP contribution in [0.4, 0.5) is 0 Å². The SMILES string of the molecule is C(C[N-]C1C2CCCCC2CC2CCCCC21)C[N-]C1C2CCCCC2CC2CCCCC21.[Cl][Ti][Cl]. The fourth-order valence-corrected chi connectivity index (χ4v) is 10.4. The van der Waals surface area contributed by atoms with Gasteiger partial charge in [0.25, 0.3) is 0 Å². The van der Waals surface area contributed by atoms with E-state index in [1.165, 1.54) is 109 Å². The molecule has 0 aromatic carbocycles. The van der Waals surface area contributed by atoms with E-state index in [4.69, 9.17) is 29.2 Å². The van der Waals surface area contributed by atoms with Crippen molar-refractivity contribution in [1.82, 2.24) is 0 Å². The fraction of sp³-hybridized carbons (Fsp3) is 1.00. The van der Waals surface area contributed by atoms with E-state index in [1.807, 2.05) is 0 Å². The molecular formula is C31H52Cl2N2Ti-2. The molecule has 2 nitrogen and oxygen atoms in total. The molecule has 6 fully saturated rings. The molecule has 0 saturated heterocycles. The van der Waals surface area contributed by atoms with Gasteiger partial charge in [-0.2, -0.15) is 13.1 Å². The van der Waals surface area contributed by atoms with Crippen LogP contribution >= 0.6 is 18.6 Å². The van der Waals surface area contributed by atoms with Gasteiger partial charge < -0.3 is 10.6 Å². The monoisotopic (exact) mass is 570 g/mol. The van der Waals surface area contributed by atoms with E-state index in [1.54, 1.807) is 12.8 Å². The summed E-state index contributed by atoms with van der Waals surface area (Å²) in [6, 6.07) is 1.43. The minimum absolute atomic E-state index is 0.556. The van der Waals surface area contributed by atoms with Crippen molar-refractivity contribution >= 4 is 18.6 Å². The summed E-state index contributed by atoms with van der Waals surface area (Å²) in [5.74, 6) is 7.85. The quantitative estimate of drug-likeness (QED) is 0.224. The Kier molecular flexibility index (Phi) is 11.8. The molecule has 36 heavy (non-hydrogen) atoms. The zero-order valence-corrected chi connectivity index (χ0v) is 25.8. The summed E-state index contributed by atoms with van der Waals surface area (Å²) in [5, 5.41) is 11.1. The van der Waals surface area contributed by atoms with Crippen molar-refractivity contribution in [1.29, 1.82) is 0 Å². The van der Waals surface area contributed by atoms with Crippen molar-refractivity contribution in [3.05, 3.63) is 10.6 Å². The third kappa shape index (κ3) is 6.91. The molecule has 0 radical (unpaired) electrons. The first-order valence-corrected chi connectivity index (χ1v) is 20.4. The van der Waals surface area contributed by atoms with Gasteiger partial charge in [0.15, 0.2) is 0 Å². The molecule has 0 amide bonds. The second-order valence-corrected chi connectivity index (χ2v) is 16.1. The Bertz CT molecular complexity index is 554. The molecule has 0 spiro atoms. The molecule has 0 aromatic heterocycles. The van der Waals surface area contributed by atoms with Gasteiger partial charge >= 0.3 is 35.6 Å². The van der Waals surface area contributed by atoms with Crippen LogP contribution in [0.25, 0.3) is 10.6 Å². The Hall–Kier alpha value is 1.21. The van der Waals surface area contributed by atoms with Gasteiger partial charge in [-0.15, -0.1) is 12.1 Å². The summed E-state index contributed by atoms with van der Waals surface area (Å²) in [4.78, 5) is 0. The Morgan fingerprint density at radius 3 is 1.06 bits per heavy atom. The van der Waals surface area contributed by atoms with E-state index < -0.39 is 17.0 Å². The van der Waals surface area contributed by atoms with Crippen LogP contribution in [0.2, 0.25) is 0 Å². The van der Waals surface area contributed by atoms with Crippen LogP contribution in [0, 0.1) is 47.3 Å². The summed E-state index contributed by atoms with van der Waals surface area (Å²) in [5.41, 5.74) is 0. The molecule has 0 bridgehead atoms. The fourth-order valence-electron chi connectivity index (χ4n) is 10.4. The minimum atomic E-state index is -0.556. The summed E-state index contributed by atoms with van der Waals surface area (Å²) < 4.78 is 0. The maximum absolute atomic E-state index is 5.54. The molecule has 8 unspecified atom stereocenters. The molecule has 6 rings (SSSR count). The van der Waals surface area contributed by atoms with E-state index in [9.17, 15) is 0 Å². The second-order valence-electron chi connectivity index (χ2n) is 13.5. The Morgan fingerprint density at radius 2 is 0.750 bits per heavy atom. The first-order valence-electron chi connectivity index (χ1n) is 16.1. The van der Waals surface area contributed by atoms with Gasteiger partial charge in [-0.1, -0.05) is 133 Å². The van der Waals surface area contributed by atoms with Crippen molar-refractivity contribution in [3.63, 3.8) is 0 Å². The Morgan fingerprint density at radius 1 is 0.472 bits per heavy atom. The average molecular weight is 572 g/mol. The van der Waals surface area contributed by atoms with Crippen LogP contribution in [-0.4, -0.2) is 25.2 Å². The van der Waals surface area contributed by atoms with Gasteiger partial charge in [-0.3, -0.25) is 0 Å². The number of nitrogens with zero attached hydrogens (tertiary/aromatic N) is 2. The van der Waals surface area contributed by atoms with Gasteiger partial charge in [0.1, 0.15) is 0 Å². The van der Waals surface area contributed by atoms with Gasteiger partial charge in [0, 0.05) is 0 Å². The molecule has 6 aliphatic rings. The molecule has 6 saturated carbocycles. The normalized spacial score (nSPS) is 44.1. The average Bonchev–Trinajstić information content (AvgIpc) is 2.92. The molecule has 5 heteroatoms. The number of halogens is 2. The molecule has 0 N–H and O–H groups in total. The number of hydrogen-bond acceptors (Lipinski definition) is 0. The van der Waals surface area contributed by atoms with E-state index >= 15 is 0 Å². The van der Waals surface area contributed by atoms with E-state index in [0.29, 0.717) is 0 Å². The third-order valence-electron chi connectivity index (χ3n) is 11.8. The van der Waals surface area contributed by atoms with Crippen LogP contribution in [0.3, 0.4) is 0 Å². The van der Waals surface area contributed by atoms with Crippen molar-refractivity contribution in [2.24, 2.45) is 47.3 Å². The van der Waals surface area contributed by atoms with Crippen LogP contribution in [0.1, 0.15) is 122 Å². The van der Waals surface area contributed by atoms with Crippen molar-refractivity contribution in [3.8, 4) is 0 Å². The van der Waals surface area contributed by atoms with E-state index in [2.05, 4.69) is 0 Å².